The van der Waals surface area contributed by atoms with E-state index in [4.69, 9.17) is 34.8 Å². The first-order chi connectivity index (χ1) is 14.7. The number of rotatable bonds is 7. The molecule has 2 N–H and O–H groups in total. The molecule has 162 valence electrons. The van der Waals surface area contributed by atoms with Gasteiger partial charge in [0.05, 0.1) is 25.7 Å². The number of carbonyl (C=O) groups is 1. The number of amides is 1. The highest BCUT2D eigenvalue weighted by molar-refractivity contribution is 7.89. The molecule has 0 saturated carbocycles. The number of anilines is 1. The molecule has 5 nitrogen and oxygen atoms in total. The molecule has 0 spiro atoms. The van der Waals surface area contributed by atoms with E-state index in [0.29, 0.717) is 0 Å². The van der Waals surface area contributed by atoms with E-state index >= 15 is 0 Å². The Morgan fingerprint density at radius 2 is 1.52 bits per heavy atom. The average molecular weight is 498 g/mol. The van der Waals surface area contributed by atoms with Gasteiger partial charge in [0.15, 0.2) is 0 Å². The van der Waals surface area contributed by atoms with Crippen molar-refractivity contribution in [3.05, 3.63) is 92.9 Å². The Bertz CT molecular complexity index is 1180. The Labute approximate surface area is 196 Å². The maximum Gasteiger partial charge on any atom is 0.242 e. The molecule has 3 aromatic rings. The minimum atomic E-state index is -3.95. The Balaban J connectivity index is 1.89. The van der Waals surface area contributed by atoms with Crippen LogP contribution in [0.15, 0.2) is 71.6 Å². The molecule has 1 atom stereocenters. The molecule has 0 aliphatic rings. The van der Waals surface area contributed by atoms with Gasteiger partial charge in [-0.3, -0.25) is 4.79 Å². The first kappa shape index (κ1) is 23.6. The number of hydrogen-bond acceptors (Lipinski definition) is 3. The monoisotopic (exact) mass is 496 g/mol. The first-order valence-corrected chi connectivity index (χ1v) is 11.9. The van der Waals surface area contributed by atoms with Crippen molar-refractivity contribution in [1.29, 1.82) is 0 Å². The van der Waals surface area contributed by atoms with E-state index in [0.717, 1.165) is 11.1 Å². The van der Waals surface area contributed by atoms with Crippen LogP contribution in [-0.2, 0) is 21.2 Å². The van der Waals surface area contributed by atoms with Gasteiger partial charge in [-0.25, -0.2) is 8.42 Å². The highest BCUT2D eigenvalue weighted by Gasteiger charge is 2.27. The topological polar surface area (TPSA) is 75.3 Å². The predicted octanol–water partition coefficient (Wildman–Crippen LogP) is 5.48. The van der Waals surface area contributed by atoms with E-state index in [-0.39, 0.29) is 32.1 Å². The summed E-state index contributed by atoms with van der Waals surface area (Å²) in [5.74, 6) is -0.583. The largest absolute Gasteiger partial charge is 0.323 e. The van der Waals surface area contributed by atoms with Crippen LogP contribution in [0, 0.1) is 6.92 Å². The van der Waals surface area contributed by atoms with Gasteiger partial charge in [-0.1, -0.05) is 82.8 Å². The van der Waals surface area contributed by atoms with Gasteiger partial charge < -0.3 is 5.32 Å². The van der Waals surface area contributed by atoms with Crippen molar-refractivity contribution in [2.75, 3.05) is 5.32 Å². The zero-order chi connectivity index (χ0) is 22.6. The third-order valence-electron chi connectivity index (χ3n) is 4.50. The maximum atomic E-state index is 13.1. The molecule has 9 heteroatoms. The lowest BCUT2D eigenvalue weighted by molar-refractivity contribution is -0.117. The fraction of sp³-hybridized carbons (Fsp3) is 0.136. The molecule has 0 aliphatic carbocycles. The number of carbonyl (C=O) groups excluding carboxylic acids is 1. The summed E-state index contributed by atoms with van der Waals surface area (Å²) < 4.78 is 28.3. The summed E-state index contributed by atoms with van der Waals surface area (Å²) in [4.78, 5) is 13.1. The van der Waals surface area contributed by atoms with Crippen LogP contribution in [0.3, 0.4) is 0 Å². The van der Waals surface area contributed by atoms with Crippen molar-refractivity contribution >= 4 is 56.4 Å². The van der Waals surface area contributed by atoms with Gasteiger partial charge >= 0.3 is 0 Å². The molecule has 1 amide bonds. The number of nitrogens with one attached hydrogen (secondary N) is 2. The van der Waals surface area contributed by atoms with Gasteiger partial charge in [0, 0.05) is 0 Å². The van der Waals surface area contributed by atoms with Crippen LogP contribution in [0.1, 0.15) is 11.1 Å². The van der Waals surface area contributed by atoms with E-state index in [1.165, 1.54) is 24.3 Å². The first-order valence-electron chi connectivity index (χ1n) is 9.24. The maximum absolute atomic E-state index is 13.1. The highest BCUT2D eigenvalue weighted by Crippen LogP contribution is 2.32. The zero-order valence-corrected chi connectivity index (χ0v) is 19.5. The molecule has 0 heterocycles. The number of sulfonamides is 1. The van der Waals surface area contributed by atoms with Crippen molar-refractivity contribution < 1.29 is 13.2 Å². The molecule has 0 aliphatic heterocycles. The number of hydrogen-bond donors (Lipinski definition) is 2. The second-order valence-corrected chi connectivity index (χ2v) is 9.85. The molecule has 0 aromatic heterocycles. The van der Waals surface area contributed by atoms with Crippen molar-refractivity contribution in [3.63, 3.8) is 0 Å². The van der Waals surface area contributed by atoms with Crippen LogP contribution in [0.25, 0.3) is 0 Å². The summed E-state index contributed by atoms with van der Waals surface area (Å²) in [6.45, 7) is 1.86. The Hall–Kier alpha value is -2.09. The van der Waals surface area contributed by atoms with Crippen molar-refractivity contribution in [1.82, 2.24) is 4.72 Å². The fourth-order valence-corrected chi connectivity index (χ4v) is 4.64. The minimum Gasteiger partial charge on any atom is -0.323 e. The normalized spacial score (nSPS) is 12.4. The molecule has 3 aromatic carbocycles. The van der Waals surface area contributed by atoms with Gasteiger partial charge in [-0.15, -0.1) is 0 Å². The van der Waals surface area contributed by atoms with E-state index in [9.17, 15) is 13.2 Å². The molecule has 3 rings (SSSR count). The van der Waals surface area contributed by atoms with Gasteiger partial charge in [0.2, 0.25) is 15.9 Å². The summed E-state index contributed by atoms with van der Waals surface area (Å²) >= 11 is 18.1. The van der Waals surface area contributed by atoms with Crippen LogP contribution in [0.5, 0.6) is 0 Å². The van der Waals surface area contributed by atoms with Gasteiger partial charge in [-0.05, 0) is 43.2 Å². The van der Waals surface area contributed by atoms with Crippen LogP contribution in [0.4, 0.5) is 5.69 Å². The quantitative estimate of drug-likeness (QED) is 0.424. The third-order valence-corrected chi connectivity index (χ3v) is 7.02. The summed E-state index contributed by atoms with van der Waals surface area (Å²) in [5.41, 5.74) is 1.94. The van der Waals surface area contributed by atoms with E-state index in [1.807, 2.05) is 37.3 Å². The van der Waals surface area contributed by atoms with Gasteiger partial charge in [0.1, 0.15) is 6.04 Å². The van der Waals surface area contributed by atoms with Crippen molar-refractivity contribution in [2.45, 2.75) is 24.3 Å². The van der Waals surface area contributed by atoms with Gasteiger partial charge in [0.25, 0.3) is 0 Å². The molecule has 1 unspecified atom stereocenters. The second-order valence-electron chi connectivity index (χ2n) is 6.91. The number of benzene rings is 3. The van der Waals surface area contributed by atoms with Crippen LogP contribution < -0.4 is 10.0 Å². The van der Waals surface area contributed by atoms with Crippen molar-refractivity contribution in [3.8, 4) is 0 Å². The standard InChI is InChI=1S/C22H19Cl3N2O3S/c1-14-7-9-16(10-8-14)31(29,30)27-21(11-15-5-3-2-4-6-15)22(28)26-20-13-18(24)17(23)12-19(20)25/h2-10,12-13,21,27H,11H2,1H3,(H,26,28). The zero-order valence-electron chi connectivity index (χ0n) is 16.4. The number of aryl methyl sites for hydroxylation is 1. The Morgan fingerprint density at radius 1 is 0.903 bits per heavy atom. The van der Waals surface area contributed by atoms with Crippen LogP contribution in [-0.4, -0.2) is 20.4 Å². The summed E-state index contributed by atoms with van der Waals surface area (Å²) in [6.07, 6.45) is 0.136. The SMILES string of the molecule is Cc1ccc(S(=O)(=O)NC(Cc2ccccc2)C(=O)Nc2cc(Cl)c(Cl)cc2Cl)cc1. The lowest BCUT2D eigenvalue weighted by atomic mass is 10.1. The average Bonchev–Trinajstić information content (AvgIpc) is 2.72. The van der Waals surface area contributed by atoms with E-state index in [1.54, 1.807) is 12.1 Å². The molecule has 31 heavy (non-hydrogen) atoms. The van der Waals surface area contributed by atoms with Crippen LogP contribution in [0.2, 0.25) is 15.1 Å². The predicted molar refractivity (Wildman–Crippen MR) is 126 cm³/mol. The van der Waals surface area contributed by atoms with Crippen molar-refractivity contribution in [2.24, 2.45) is 0 Å². The molecule has 0 saturated heterocycles. The molecule has 0 fully saturated rings. The lowest BCUT2D eigenvalue weighted by Gasteiger charge is -2.19. The smallest absolute Gasteiger partial charge is 0.242 e. The Morgan fingerprint density at radius 3 is 2.16 bits per heavy atom. The van der Waals surface area contributed by atoms with Crippen LogP contribution >= 0.6 is 34.8 Å². The van der Waals surface area contributed by atoms with E-state index in [2.05, 4.69) is 10.0 Å². The van der Waals surface area contributed by atoms with Gasteiger partial charge in [-0.2, -0.15) is 4.72 Å². The lowest BCUT2D eigenvalue weighted by Crippen LogP contribution is -2.45. The minimum absolute atomic E-state index is 0.0662. The summed E-state index contributed by atoms with van der Waals surface area (Å²) in [6, 6.07) is 17.2. The molecule has 0 radical (unpaired) electrons. The summed E-state index contributed by atoms with van der Waals surface area (Å²) in [5, 5.41) is 3.27. The molecular weight excluding hydrogens is 479 g/mol. The fourth-order valence-electron chi connectivity index (χ4n) is 2.85. The number of halogens is 3. The third kappa shape index (κ3) is 6.21. The second kappa shape index (κ2) is 10.0. The highest BCUT2D eigenvalue weighted by atomic mass is 35.5. The van der Waals surface area contributed by atoms with E-state index < -0.39 is 22.0 Å². The Kier molecular flexibility index (Phi) is 7.62. The summed E-state index contributed by atoms with van der Waals surface area (Å²) in [7, 11) is -3.95. The molecule has 0 bridgehead atoms. The molecular formula is C22H19Cl3N2O3S.